The fourth-order valence-corrected chi connectivity index (χ4v) is 5.98. The van der Waals surface area contributed by atoms with Gasteiger partial charge in [-0.3, -0.25) is 4.79 Å². The molecule has 0 saturated carbocycles. The number of nitrogens with one attached hydrogen (secondary N) is 1. The third-order valence-corrected chi connectivity index (χ3v) is 8.06. The van der Waals surface area contributed by atoms with Crippen LogP contribution in [-0.4, -0.2) is 54.5 Å². The van der Waals surface area contributed by atoms with Crippen molar-refractivity contribution in [3.63, 3.8) is 0 Å². The van der Waals surface area contributed by atoms with Crippen molar-refractivity contribution in [3.8, 4) is 11.3 Å². The fourth-order valence-electron chi connectivity index (χ4n) is 5.03. The number of rotatable bonds is 8. The topological polar surface area (TPSA) is 134 Å². The predicted octanol–water partition coefficient (Wildman–Crippen LogP) is 4.20. The van der Waals surface area contributed by atoms with Gasteiger partial charge in [0.1, 0.15) is 17.5 Å². The van der Waals surface area contributed by atoms with Crippen LogP contribution in [0.4, 0.5) is 17.5 Å². The van der Waals surface area contributed by atoms with Gasteiger partial charge in [-0.25, -0.2) is 19.7 Å². The summed E-state index contributed by atoms with van der Waals surface area (Å²) in [5, 5.41) is -0.327. The van der Waals surface area contributed by atoms with Crippen LogP contribution in [0.15, 0.2) is 53.7 Å². The Morgan fingerprint density at radius 1 is 1.16 bits per heavy atom. The number of hydrogen-bond acceptors (Lipinski definition) is 9. The second kappa shape index (κ2) is 10.6. The maximum atomic E-state index is 13.4. The van der Waals surface area contributed by atoms with E-state index in [0.29, 0.717) is 24.0 Å². The number of nitrogens with two attached hydrogens (primary N) is 1. The van der Waals surface area contributed by atoms with Gasteiger partial charge in [0.2, 0.25) is 0 Å². The fraction of sp³-hybridized carbons (Fsp3) is 0.407. The molecular formula is C27H39N7O3S. The van der Waals surface area contributed by atoms with Crippen molar-refractivity contribution in [2.75, 3.05) is 35.2 Å². The van der Waals surface area contributed by atoms with Gasteiger partial charge in [-0.05, 0) is 76.4 Å². The van der Waals surface area contributed by atoms with E-state index in [-0.39, 0.29) is 24.8 Å². The van der Waals surface area contributed by atoms with Gasteiger partial charge in [-0.1, -0.05) is 13.0 Å². The van der Waals surface area contributed by atoms with Gasteiger partial charge in [0, 0.05) is 39.8 Å². The van der Waals surface area contributed by atoms with Gasteiger partial charge in [-0.2, -0.15) is 8.42 Å². The standard InChI is InChI=1S/C27H35N7O3S.2H2/c1-6-33(7-2)23-14-11-19(16-29-23)21-13-12-20(25(30-21)34-17-18(3)15-27(34,4)5)26(35)32-38(36,37)24-10-8-9-22(28)31-24;;/h8-14,16,18H,6-7,15,17H2,1-5H3,(H2,28,31)(H,32,35);2*1H. The van der Waals surface area contributed by atoms with Crippen LogP contribution in [0.5, 0.6) is 0 Å². The third-order valence-electron chi connectivity index (χ3n) is 6.83. The maximum Gasteiger partial charge on any atom is 0.281 e. The lowest BCUT2D eigenvalue weighted by Gasteiger charge is -2.34. The Morgan fingerprint density at radius 3 is 2.47 bits per heavy atom. The highest BCUT2D eigenvalue weighted by Crippen LogP contribution is 2.38. The number of pyridine rings is 3. The molecular weight excluding hydrogens is 502 g/mol. The second-order valence-corrected chi connectivity index (χ2v) is 11.8. The van der Waals surface area contributed by atoms with Crippen LogP contribution in [0.1, 0.15) is 54.3 Å². The highest BCUT2D eigenvalue weighted by Gasteiger charge is 2.39. The average Bonchev–Trinajstić information content (AvgIpc) is 3.16. The van der Waals surface area contributed by atoms with Gasteiger partial charge < -0.3 is 15.5 Å². The van der Waals surface area contributed by atoms with Crippen molar-refractivity contribution in [1.29, 1.82) is 0 Å². The Balaban J connectivity index is 0.00000280. The van der Waals surface area contributed by atoms with Crippen molar-refractivity contribution in [2.24, 2.45) is 5.92 Å². The van der Waals surface area contributed by atoms with Crippen molar-refractivity contribution in [3.05, 3.63) is 54.2 Å². The number of aromatic nitrogens is 3. The van der Waals surface area contributed by atoms with Crippen LogP contribution < -0.4 is 20.3 Å². The Hall–Kier alpha value is -3.73. The minimum absolute atomic E-state index is 0. The molecule has 3 N–H and O–H groups in total. The Morgan fingerprint density at radius 2 is 1.89 bits per heavy atom. The Bertz CT molecular complexity index is 1430. The lowest BCUT2D eigenvalue weighted by atomic mass is 9.97. The zero-order chi connectivity index (χ0) is 27.7. The van der Waals surface area contributed by atoms with E-state index in [9.17, 15) is 13.2 Å². The first-order valence-corrected chi connectivity index (χ1v) is 14.2. The number of carbonyl (C=O) groups is 1. The zero-order valence-corrected chi connectivity index (χ0v) is 23.3. The summed E-state index contributed by atoms with van der Waals surface area (Å²) >= 11 is 0. The first kappa shape index (κ1) is 27.3. The Kier molecular flexibility index (Phi) is 7.59. The van der Waals surface area contributed by atoms with E-state index in [1.54, 1.807) is 18.3 Å². The molecule has 1 aliphatic rings. The van der Waals surface area contributed by atoms with E-state index in [1.165, 1.54) is 18.2 Å². The molecule has 1 fully saturated rings. The number of nitrogens with zero attached hydrogens (tertiary/aromatic N) is 5. The first-order valence-electron chi connectivity index (χ1n) is 12.7. The van der Waals surface area contributed by atoms with Gasteiger partial charge in [0.15, 0.2) is 5.03 Å². The quantitative estimate of drug-likeness (QED) is 0.430. The molecule has 0 aliphatic carbocycles. The number of anilines is 3. The lowest BCUT2D eigenvalue weighted by molar-refractivity contribution is 0.0981. The average molecular weight is 542 g/mol. The van der Waals surface area contributed by atoms with E-state index >= 15 is 0 Å². The lowest BCUT2D eigenvalue weighted by Crippen LogP contribution is -2.41. The molecule has 38 heavy (non-hydrogen) atoms. The molecule has 1 atom stereocenters. The van der Waals surface area contributed by atoms with Crippen molar-refractivity contribution in [2.45, 2.75) is 51.6 Å². The molecule has 10 nitrogen and oxygen atoms in total. The number of amides is 1. The van der Waals surface area contributed by atoms with E-state index in [0.717, 1.165) is 30.9 Å². The van der Waals surface area contributed by atoms with Gasteiger partial charge >= 0.3 is 0 Å². The summed E-state index contributed by atoms with van der Waals surface area (Å²) in [6.45, 7) is 12.9. The van der Waals surface area contributed by atoms with Crippen molar-refractivity contribution in [1.82, 2.24) is 19.7 Å². The predicted molar refractivity (Wildman–Crippen MR) is 154 cm³/mol. The molecule has 0 bridgehead atoms. The summed E-state index contributed by atoms with van der Waals surface area (Å²) < 4.78 is 28.0. The van der Waals surface area contributed by atoms with Gasteiger partial charge in [0.25, 0.3) is 15.9 Å². The molecule has 0 aromatic carbocycles. The highest BCUT2D eigenvalue weighted by atomic mass is 32.2. The molecule has 11 heteroatoms. The van der Waals surface area contributed by atoms with Crippen LogP contribution in [0.25, 0.3) is 11.3 Å². The van der Waals surface area contributed by atoms with E-state index in [1.807, 2.05) is 12.1 Å². The third kappa shape index (κ3) is 5.57. The minimum atomic E-state index is -4.24. The van der Waals surface area contributed by atoms with Gasteiger partial charge in [0.05, 0.1) is 11.3 Å². The SMILES string of the molecule is CCN(CC)c1ccc(-c2ccc(C(=O)NS(=O)(=O)c3cccc(N)n3)c(N3CC(C)CC3(C)C)n2)cn1.[HH].[HH]. The summed E-state index contributed by atoms with van der Waals surface area (Å²) in [5.41, 5.74) is 6.98. The van der Waals surface area contributed by atoms with Gasteiger partial charge in [-0.15, -0.1) is 0 Å². The molecule has 1 amide bonds. The monoisotopic (exact) mass is 541 g/mol. The molecule has 1 saturated heterocycles. The smallest absolute Gasteiger partial charge is 0.281 e. The van der Waals surface area contributed by atoms with Crippen molar-refractivity contribution < 1.29 is 16.1 Å². The maximum absolute atomic E-state index is 13.4. The number of sulfonamides is 1. The summed E-state index contributed by atoms with van der Waals surface area (Å²) in [7, 11) is -4.24. The summed E-state index contributed by atoms with van der Waals surface area (Å²) in [4.78, 5) is 31.0. The van der Waals surface area contributed by atoms with Crippen LogP contribution in [0, 0.1) is 5.92 Å². The number of hydrogen-bond donors (Lipinski definition) is 2. The van der Waals surface area contributed by atoms with E-state index in [4.69, 9.17) is 10.7 Å². The highest BCUT2D eigenvalue weighted by molar-refractivity contribution is 7.90. The molecule has 3 aromatic heterocycles. The number of carbonyl (C=O) groups excluding carboxylic acids is 1. The van der Waals surface area contributed by atoms with Crippen LogP contribution in [0.2, 0.25) is 0 Å². The molecule has 4 heterocycles. The van der Waals surface area contributed by atoms with E-state index < -0.39 is 15.9 Å². The molecule has 3 aromatic rings. The molecule has 0 spiro atoms. The normalized spacial score (nSPS) is 16.9. The summed E-state index contributed by atoms with van der Waals surface area (Å²) in [6.07, 6.45) is 2.68. The molecule has 0 radical (unpaired) electrons. The van der Waals surface area contributed by atoms with Crippen molar-refractivity contribution >= 4 is 33.4 Å². The van der Waals surface area contributed by atoms with Crippen LogP contribution in [0.3, 0.4) is 0 Å². The second-order valence-electron chi connectivity index (χ2n) is 10.2. The minimum Gasteiger partial charge on any atom is -0.384 e. The molecule has 4 rings (SSSR count). The summed E-state index contributed by atoms with van der Waals surface area (Å²) in [5.74, 6) is 0.943. The molecule has 206 valence electrons. The Labute approximate surface area is 227 Å². The molecule has 1 aliphatic heterocycles. The number of nitrogen functional groups attached to an aromatic ring is 1. The first-order chi connectivity index (χ1) is 17.9. The van der Waals surface area contributed by atoms with Crippen LogP contribution in [-0.2, 0) is 10.0 Å². The van der Waals surface area contributed by atoms with Crippen LogP contribution >= 0.6 is 0 Å². The largest absolute Gasteiger partial charge is 0.384 e. The summed E-state index contributed by atoms with van der Waals surface area (Å²) in [6, 6.07) is 11.5. The van der Waals surface area contributed by atoms with E-state index in [2.05, 4.69) is 59.1 Å². The molecule has 1 unspecified atom stereocenters. The zero-order valence-electron chi connectivity index (χ0n) is 22.5.